The molecule has 13 heavy (non-hydrogen) atoms. The van der Waals surface area contributed by atoms with E-state index in [0.29, 0.717) is 0 Å². The molecule has 0 bridgehead atoms. The Kier molecular flexibility index (Phi) is 4.39. The van der Waals surface area contributed by atoms with Crippen molar-refractivity contribution in [3.63, 3.8) is 0 Å². The highest BCUT2D eigenvalue weighted by Gasteiger charge is 2.34. The fraction of sp³-hybridized carbons (Fsp3) is 0.750. The zero-order valence-corrected chi connectivity index (χ0v) is 9.67. The van der Waals surface area contributed by atoms with Crippen molar-refractivity contribution < 1.29 is 19.1 Å². The molecule has 0 aliphatic rings. The molecule has 0 N–H and O–H groups in total. The Bertz CT molecular complexity index is 210. The van der Waals surface area contributed by atoms with Gasteiger partial charge in [-0.25, -0.2) is 4.79 Å². The maximum absolute atomic E-state index is 11.1. The van der Waals surface area contributed by atoms with Crippen molar-refractivity contribution in [1.29, 1.82) is 0 Å². The number of hydrogen-bond donors (Lipinski definition) is 0. The Hall–Kier alpha value is -0.580. The van der Waals surface area contributed by atoms with Crippen LogP contribution in [0.1, 0.15) is 20.8 Å². The van der Waals surface area contributed by atoms with Crippen molar-refractivity contribution in [3.8, 4) is 0 Å². The van der Waals surface area contributed by atoms with Crippen LogP contribution in [0.15, 0.2) is 0 Å². The van der Waals surface area contributed by atoms with Crippen LogP contribution in [-0.4, -0.2) is 29.5 Å². The minimum atomic E-state index is -1.23. The molecule has 76 valence electrons. The van der Waals surface area contributed by atoms with E-state index in [9.17, 15) is 9.59 Å². The lowest BCUT2D eigenvalue weighted by Gasteiger charge is -2.22. The highest BCUT2D eigenvalue weighted by molar-refractivity contribution is 9.10. The van der Waals surface area contributed by atoms with Gasteiger partial charge in [0.25, 0.3) is 0 Å². The third-order valence-electron chi connectivity index (χ3n) is 1.36. The molecule has 0 aromatic carbocycles. The second-order valence-electron chi connectivity index (χ2n) is 3.04. The number of ether oxygens (including phenoxy) is 2. The molecule has 0 spiro atoms. The molecule has 1 atom stereocenters. The molecule has 0 amide bonds. The van der Waals surface area contributed by atoms with Gasteiger partial charge in [-0.3, -0.25) is 4.79 Å². The lowest BCUT2D eigenvalue weighted by Crippen LogP contribution is -2.39. The molecule has 1 unspecified atom stereocenters. The third-order valence-corrected chi connectivity index (χ3v) is 1.73. The van der Waals surface area contributed by atoms with Gasteiger partial charge in [-0.1, -0.05) is 15.9 Å². The van der Waals surface area contributed by atoms with Crippen LogP contribution in [0.4, 0.5) is 0 Å². The number of methoxy groups -OCH3 is 1. The van der Waals surface area contributed by atoms with Gasteiger partial charge in [0.05, 0.1) is 7.11 Å². The summed E-state index contributed by atoms with van der Waals surface area (Å²) in [6.07, 6.45) is 0. The number of carbonyl (C=O) groups excluding carboxylic acids is 2. The molecule has 0 aromatic rings. The van der Waals surface area contributed by atoms with Gasteiger partial charge in [-0.15, -0.1) is 0 Å². The largest absolute Gasteiger partial charge is 0.466 e. The van der Waals surface area contributed by atoms with Crippen LogP contribution >= 0.6 is 15.9 Å². The molecule has 0 fully saturated rings. The van der Waals surface area contributed by atoms with E-state index < -0.39 is 22.4 Å². The quantitative estimate of drug-likeness (QED) is 0.561. The molecular weight excluding hydrogens is 240 g/mol. The van der Waals surface area contributed by atoms with E-state index in [1.165, 1.54) is 21.0 Å². The van der Waals surface area contributed by atoms with Crippen molar-refractivity contribution >= 4 is 27.9 Å². The zero-order valence-electron chi connectivity index (χ0n) is 8.09. The van der Waals surface area contributed by atoms with Gasteiger partial charge >= 0.3 is 11.9 Å². The fourth-order valence-electron chi connectivity index (χ4n) is 0.620. The predicted octanol–water partition coefficient (Wildman–Crippen LogP) is 1.26. The van der Waals surface area contributed by atoms with Crippen molar-refractivity contribution in [2.75, 3.05) is 7.11 Å². The second kappa shape index (κ2) is 4.60. The van der Waals surface area contributed by atoms with Gasteiger partial charge in [-0.05, 0) is 20.8 Å². The predicted molar refractivity (Wildman–Crippen MR) is 50.6 cm³/mol. The van der Waals surface area contributed by atoms with E-state index in [-0.39, 0.29) is 0 Å². The van der Waals surface area contributed by atoms with Crippen LogP contribution in [0, 0.1) is 0 Å². The molecule has 0 saturated carbocycles. The molecule has 0 heterocycles. The molecule has 0 radical (unpaired) electrons. The average Bonchev–Trinajstić information content (AvgIpc) is 2.01. The zero-order chi connectivity index (χ0) is 10.6. The van der Waals surface area contributed by atoms with E-state index in [4.69, 9.17) is 4.74 Å². The molecule has 0 aliphatic carbocycles. The number of carbonyl (C=O) groups is 2. The number of halogens is 1. The first kappa shape index (κ1) is 12.4. The van der Waals surface area contributed by atoms with Crippen LogP contribution in [0.3, 0.4) is 0 Å². The van der Waals surface area contributed by atoms with Crippen LogP contribution < -0.4 is 0 Å². The molecule has 0 aliphatic heterocycles. The average molecular weight is 253 g/mol. The summed E-state index contributed by atoms with van der Waals surface area (Å²) in [6.45, 7) is 4.58. The van der Waals surface area contributed by atoms with E-state index in [0.717, 1.165) is 0 Å². The maximum atomic E-state index is 11.1. The number of hydrogen-bond acceptors (Lipinski definition) is 4. The molecule has 4 nitrogen and oxygen atoms in total. The van der Waals surface area contributed by atoms with E-state index in [1.807, 2.05) is 0 Å². The standard InChI is InChI=1S/C8H13BrO4/c1-5(9)6(10)13-8(2,3)7(11)12-4/h5H,1-4H3. The molecule has 0 aromatic heterocycles. The Morgan fingerprint density at radius 2 is 1.85 bits per heavy atom. The van der Waals surface area contributed by atoms with Crippen molar-refractivity contribution in [2.45, 2.75) is 31.2 Å². The van der Waals surface area contributed by atoms with Crippen molar-refractivity contribution in [1.82, 2.24) is 0 Å². The summed E-state index contributed by atoms with van der Waals surface area (Å²) in [6, 6.07) is 0. The highest BCUT2D eigenvalue weighted by Crippen LogP contribution is 2.14. The summed E-state index contributed by atoms with van der Waals surface area (Å²) >= 11 is 3.04. The third kappa shape index (κ3) is 3.76. The van der Waals surface area contributed by atoms with Gasteiger partial charge in [0.1, 0.15) is 4.83 Å². The van der Waals surface area contributed by atoms with Crippen LogP contribution in [-0.2, 0) is 19.1 Å². The number of esters is 2. The Morgan fingerprint density at radius 1 is 1.38 bits per heavy atom. The van der Waals surface area contributed by atoms with Gasteiger partial charge < -0.3 is 9.47 Å². The SMILES string of the molecule is COC(=O)C(C)(C)OC(=O)C(C)Br. The van der Waals surface area contributed by atoms with Gasteiger partial charge in [-0.2, -0.15) is 0 Å². The minimum Gasteiger partial charge on any atom is -0.466 e. The first-order valence-electron chi connectivity index (χ1n) is 3.76. The minimum absolute atomic E-state index is 0.434. The fourth-order valence-corrected chi connectivity index (χ4v) is 0.714. The second-order valence-corrected chi connectivity index (χ2v) is 4.41. The Morgan fingerprint density at radius 3 is 2.15 bits per heavy atom. The number of rotatable bonds is 3. The summed E-state index contributed by atoms with van der Waals surface area (Å²) in [5, 5.41) is 0. The summed E-state index contributed by atoms with van der Waals surface area (Å²) < 4.78 is 9.36. The van der Waals surface area contributed by atoms with Crippen LogP contribution in [0.25, 0.3) is 0 Å². The van der Waals surface area contributed by atoms with Crippen molar-refractivity contribution in [3.05, 3.63) is 0 Å². The van der Waals surface area contributed by atoms with E-state index >= 15 is 0 Å². The van der Waals surface area contributed by atoms with Crippen LogP contribution in [0.5, 0.6) is 0 Å². The Labute approximate surface area is 85.7 Å². The molecule has 0 rings (SSSR count). The van der Waals surface area contributed by atoms with E-state index in [2.05, 4.69) is 20.7 Å². The summed E-state index contributed by atoms with van der Waals surface area (Å²) in [7, 11) is 1.25. The monoisotopic (exact) mass is 252 g/mol. The Balaban J connectivity index is 4.33. The lowest BCUT2D eigenvalue weighted by molar-refractivity contribution is -0.175. The summed E-state index contributed by atoms with van der Waals surface area (Å²) in [5.41, 5.74) is -1.23. The van der Waals surface area contributed by atoms with Crippen LogP contribution in [0.2, 0.25) is 0 Å². The topological polar surface area (TPSA) is 52.6 Å². The van der Waals surface area contributed by atoms with Gasteiger partial charge in [0.15, 0.2) is 0 Å². The van der Waals surface area contributed by atoms with Crippen molar-refractivity contribution in [2.24, 2.45) is 0 Å². The van der Waals surface area contributed by atoms with Gasteiger partial charge in [0, 0.05) is 0 Å². The molecule has 5 heteroatoms. The first-order valence-corrected chi connectivity index (χ1v) is 4.68. The van der Waals surface area contributed by atoms with Gasteiger partial charge in [0.2, 0.25) is 5.60 Å². The molecule has 0 saturated heterocycles. The summed E-state index contributed by atoms with van der Waals surface area (Å²) in [4.78, 5) is 21.7. The highest BCUT2D eigenvalue weighted by atomic mass is 79.9. The van der Waals surface area contributed by atoms with E-state index in [1.54, 1.807) is 6.92 Å². The molecular formula is C8H13BrO4. The lowest BCUT2D eigenvalue weighted by atomic mass is 10.1. The number of alkyl halides is 1. The summed E-state index contributed by atoms with van der Waals surface area (Å²) in [5.74, 6) is -1.07. The normalized spacial score (nSPS) is 13.3. The first-order chi connectivity index (χ1) is 5.81. The maximum Gasteiger partial charge on any atom is 0.349 e. The smallest absolute Gasteiger partial charge is 0.349 e.